The largest absolute Gasteiger partial charge is 0.478 e. The van der Waals surface area contributed by atoms with Crippen LogP contribution in [0.4, 0.5) is 0 Å². The van der Waals surface area contributed by atoms with E-state index in [0.29, 0.717) is 0 Å². The Balaban J connectivity index is 2.91. The minimum absolute atomic E-state index is 0.0121. The van der Waals surface area contributed by atoms with Gasteiger partial charge in [0.25, 0.3) is 0 Å². The van der Waals surface area contributed by atoms with Crippen molar-refractivity contribution in [3.8, 4) is 0 Å². The first-order valence-electron chi connectivity index (χ1n) is 5.53. The Hall–Kier alpha value is -2.25. The van der Waals surface area contributed by atoms with Crippen LogP contribution in [0, 0.1) is 0 Å². The quantitative estimate of drug-likeness (QED) is 0.443. The molecule has 0 saturated heterocycles. The van der Waals surface area contributed by atoms with Crippen molar-refractivity contribution in [1.29, 1.82) is 0 Å². The van der Waals surface area contributed by atoms with E-state index >= 15 is 0 Å². The molecule has 0 fully saturated rings. The van der Waals surface area contributed by atoms with Crippen LogP contribution in [-0.2, 0) is 14.8 Å². The van der Waals surface area contributed by atoms with Gasteiger partial charge in [0, 0.05) is 18.2 Å². The predicted octanol–water partition coefficient (Wildman–Crippen LogP) is 0.974. The zero-order chi connectivity index (χ0) is 15.2. The van der Waals surface area contributed by atoms with Crippen molar-refractivity contribution >= 4 is 21.8 Å². The van der Waals surface area contributed by atoms with E-state index in [-0.39, 0.29) is 17.0 Å². The lowest BCUT2D eigenvalue weighted by Gasteiger charge is -2.04. The number of carboxylic acids is 1. The third kappa shape index (κ3) is 4.45. The maximum Gasteiger partial charge on any atom is 0.328 e. The number of nitrogens with one attached hydrogen (secondary N) is 1. The summed E-state index contributed by atoms with van der Waals surface area (Å²) in [7, 11) is -3.64. The lowest BCUT2D eigenvalue weighted by Crippen LogP contribution is -2.23. The first-order chi connectivity index (χ1) is 9.36. The maximum absolute atomic E-state index is 11.8. The number of carboxylic acid groups (broad SMARTS) is 1. The summed E-state index contributed by atoms with van der Waals surface area (Å²) in [6.07, 6.45) is 3.03. The third-order valence-electron chi connectivity index (χ3n) is 2.24. The van der Waals surface area contributed by atoms with Crippen molar-refractivity contribution in [2.75, 3.05) is 6.54 Å². The third-order valence-corrected chi connectivity index (χ3v) is 3.68. The van der Waals surface area contributed by atoms with Crippen molar-refractivity contribution in [3.63, 3.8) is 0 Å². The van der Waals surface area contributed by atoms with Gasteiger partial charge in [0.15, 0.2) is 5.78 Å². The molecule has 0 aliphatic heterocycles. The number of hydrogen-bond donors (Lipinski definition) is 2. The molecular formula is C13H13NO5S. The molecule has 7 heteroatoms. The lowest BCUT2D eigenvalue weighted by atomic mass is 10.1. The van der Waals surface area contributed by atoms with E-state index in [9.17, 15) is 18.0 Å². The molecule has 106 valence electrons. The van der Waals surface area contributed by atoms with Crippen LogP contribution in [0.15, 0.2) is 54.0 Å². The number of allylic oxidation sites excluding steroid dienone is 1. The highest BCUT2D eigenvalue weighted by atomic mass is 32.2. The zero-order valence-corrected chi connectivity index (χ0v) is 11.3. The lowest BCUT2D eigenvalue weighted by molar-refractivity contribution is -0.131. The van der Waals surface area contributed by atoms with Gasteiger partial charge in [-0.25, -0.2) is 17.9 Å². The summed E-state index contributed by atoms with van der Waals surface area (Å²) in [5.74, 6) is -1.75. The standard InChI is InChI=1S/C13H13NO5S/c1-2-9-14-20(18,19)11-5-3-10(4-6-11)12(15)7-8-13(16)17/h2-8,14H,1,9H2,(H,16,17)/b8-7+. The summed E-state index contributed by atoms with van der Waals surface area (Å²) in [5.41, 5.74) is 0.199. The average Bonchev–Trinajstić information content (AvgIpc) is 2.42. The Labute approximate surface area is 116 Å². The van der Waals surface area contributed by atoms with Crippen LogP contribution in [0.25, 0.3) is 0 Å². The van der Waals surface area contributed by atoms with E-state index < -0.39 is 21.8 Å². The molecular weight excluding hydrogens is 282 g/mol. The molecule has 6 nitrogen and oxygen atoms in total. The average molecular weight is 295 g/mol. The van der Waals surface area contributed by atoms with Gasteiger partial charge in [-0.2, -0.15) is 0 Å². The van der Waals surface area contributed by atoms with E-state index in [1.54, 1.807) is 0 Å². The first-order valence-corrected chi connectivity index (χ1v) is 7.01. The van der Waals surface area contributed by atoms with Gasteiger partial charge in [0.05, 0.1) is 4.90 Å². The van der Waals surface area contributed by atoms with Crippen molar-refractivity contribution in [1.82, 2.24) is 4.72 Å². The number of rotatable bonds is 7. The monoisotopic (exact) mass is 295 g/mol. The molecule has 0 bridgehead atoms. The number of benzene rings is 1. The summed E-state index contributed by atoms with van der Waals surface area (Å²) in [6, 6.07) is 5.18. The second-order valence-corrected chi connectivity index (χ2v) is 5.47. The van der Waals surface area contributed by atoms with E-state index in [0.717, 1.165) is 12.2 Å². The molecule has 0 saturated carbocycles. The van der Waals surface area contributed by atoms with Gasteiger partial charge in [0.1, 0.15) is 0 Å². The highest BCUT2D eigenvalue weighted by Crippen LogP contribution is 2.11. The predicted molar refractivity (Wildman–Crippen MR) is 72.9 cm³/mol. The fourth-order valence-corrected chi connectivity index (χ4v) is 2.29. The van der Waals surface area contributed by atoms with E-state index in [1.165, 1.54) is 30.3 Å². The Kier molecular flexibility index (Phi) is 5.36. The highest BCUT2D eigenvalue weighted by molar-refractivity contribution is 7.89. The maximum atomic E-state index is 11.8. The van der Waals surface area contributed by atoms with E-state index in [2.05, 4.69) is 11.3 Å². The summed E-state index contributed by atoms with van der Waals surface area (Å²) in [4.78, 5) is 21.9. The van der Waals surface area contributed by atoms with Gasteiger partial charge in [-0.05, 0) is 30.3 Å². The van der Waals surface area contributed by atoms with Gasteiger partial charge in [-0.15, -0.1) is 6.58 Å². The fourth-order valence-electron chi connectivity index (χ4n) is 1.29. The summed E-state index contributed by atoms with van der Waals surface area (Å²) < 4.78 is 25.8. The molecule has 0 aromatic heterocycles. The second-order valence-electron chi connectivity index (χ2n) is 3.70. The topological polar surface area (TPSA) is 101 Å². The minimum Gasteiger partial charge on any atom is -0.478 e. The number of carbonyl (C=O) groups excluding carboxylic acids is 1. The Morgan fingerprint density at radius 1 is 1.20 bits per heavy atom. The van der Waals surface area contributed by atoms with Crippen LogP contribution in [0.5, 0.6) is 0 Å². The van der Waals surface area contributed by atoms with Crippen LogP contribution >= 0.6 is 0 Å². The summed E-state index contributed by atoms with van der Waals surface area (Å²) >= 11 is 0. The normalized spacial score (nSPS) is 11.4. The molecule has 0 aliphatic rings. The number of aliphatic carboxylic acids is 1. The zero-order valence-electron chi connectivity index (χ0n) is 10.4. The van der Waals surface area contributed by atoms with Crippen molar-refractivity contribution in [2.24, 2.45) is 0 Å². The second kappa shape index (κ2) is 6.78. The fraction of sp³-hybridized carbons (Fsp3) is 0.0769. The van der Waals surface area contributed by atoms with Gasteiger partial charge >= 0.3 is 5.97 Å². The molecule has 1 aromatic carbocycles. The van der Waals surface area contributed by atoms with Crippen molar-refractivity contribution < 1.29 is 23.1 Å². The molecule has 20 heavy (non-hydrogen) atoms. The molecule has 0 amide bonds. The number of sulfonamides is 1. The van der Waals surface area contributed by atoms with Gasteiger partial charge in [-0.3, -0.25) is 4.79 Å². The molecule has 0 unspecified atom stereocenters. The highest BCUT2D eigenvalue weighted by Gasteiger charge is 2.13. The van der Waals surface area contributed by atoms with Crippen LogP contribution in [0.1, 0.15) is 10.4 Å². The van der Waals surface area contributed by atoms with Crippen LogP contribution < -0.4 is 4.72 Å². The molecule has 0 aliphatic carbocycles. The molecule has 2 N–H and O–H groups in total. The number of hydrogen-bond acceptors (Lipinski definition) is 4. The van der Waals surface area contributed by atoms with E-state index in [1.807, 2.05) is 0 Å². The van der Waals surface area contributed by atoms with Crippen LogP contribution in [0.3, 0.4) is 0 Å². The van der Waals surface area contributed by atoms with Gasteiger partial charge < -0.3 is 5.11 Å². The van der Waals surface area contributed by atoms with Crippen molar-refractivity contribution in [3.05, 3.63) is 54.6 Å². The van der Waals surface area contributed by atoms with Crippen LogP contribution in [-0.4, -0.2) is 31.8 Å². The van der Waals surface area contributed by atoms with E-state index in [4.69, 9.17) is 5.11 Å². The Morgan fingerprint density at radius 3 is 2.30 bits per heavy atom. The minimum atomic E-state index is -3.64. The molecule has 1 aromatic rings. The summed E-state index contributed by atoms with van der Waals surface area (Å²) in [5, 5.41) is 8.41. The molecule has 1 rings (SSSR count). The molecule has 0 heterocycles. The van der Waals surface area contributed by atoms with Gasteiger partial charge in [-0.1, -0.05) is 6.08 Å². The number of ketones is 1. The molecule has 0 radical (unpaired) electrons. The number of carbonyl (C=O) groups is 2. The SMILES string of the molecule is C=CCNS(=O)(=O)c1ccc(C(=O)/C=C/C(=O)O)cc1. The smallest absolute Gasteiger partial charge is 0.328 e. The van der Waals surface area contributed by atoms with Gasteiger partial charge in [0.2, 0.25) is 10.0 Å². The molecule has 0 spiro atoms. The van der Waals surface area contributed by atoms with Crippen molar-refractivity contribution in [2.45, 2.75) is 4.90 Å². The van der Waals surface area contributed by atoms with Crippen LogP contribution in [0.2, 0.25) is 0 Å². The first kappa shape index (κ1) is 15.8. The Morgan fingerprint density at radius 2 is 1.80 bits per heavy atom. The molecule has 0 atom stereocenters. The summed E-state index contributed by atoms with van der Waals surface area (Å²) in [6.45, 7) is 3.50. The Bertz CT molecular complexity index is 644.